The number of carbonyl (C=O) groups excluding carboxylic acids is 3. The molecule has 1 aromatic heterocycles. The van der Waals surface area contributed by atoms with Gasteiger partial charge < -0.3 is 24.3 Å². The minimum absolute atomic E-state index is 0.0815. The minimum atomic E-state index is -1.10. The van der Waals surface area contributed by atoms with Gasteiger partial charge >= 0.3 is 11.9 Å². The largest absolute Gasteiger partial charge is 0.493 e. The predicted octanol–water partition coefficient (Wildman–Crippen LogP) is 3.76. The van der Waals surface area contributed by atoms with Crippen molar-refractivity contribution in [3.05, 3.63) is 89.2 Å². The van der Waals surface area contributed by atoms with Crippen molar-refractivity contribution in [2.75, 3.05) is 20.5 Å². The Morgan fingerprint density at radius 1 is 0.921 bits per heavy atom. The molecule has 2 aromatic carbocycles. The van der Waals surface area contributed by atoms with Crippen molar-refractivity contribution in [2.24, 2.45) is 0 Å². The lowest BCUT2D eigenvalue weighted by atomic mass is 9.92. The van der Waals surface area contributed by atoms with Crippen LogP contribution in [-0.2, 0) is 19.1 Å². The average molecular weight is 529 g/mol. The molecule has 0 saturated carbocycles. The van der Waals surface area contributed by atoms with E-state index in [1.165, 1.54) is 57.5 Å². The summed E-state index contributed by atoms with van der Waals surface area (Å²) in [7, 11) is 1.36. The lowest BCUT2D eigenvalue weighted by molar-refractivity contribution is -0.148. The molecule has 0 aliphatic carbocycles. The van der Waals surface area contributed by atoms with Gasteiger partial charge in [0, 0.05) is 25.1 Å². The van der Waals surface area contributed by atoms with Gasteiger partial charge in [-0.05, 0) is 42.3 Å². The topological polar surface area (TPSA) is 113 Å². The molecule has 1 N–H and O–H groups in total. The molecule has 1 atom stereocenters. The first-order chi connectivity index (χ1) is 18.2. The van der Waals surface area contributed by atoms with Crippen LogP contribution in [0.25, 0.3) is 0 Å². The van der Waals surface area contributed by atoms with Gasteiger partial charge in [0.25, 0.3) is 5.91 Å². The molecule has 0 radical (unpaired) electrons. The van der Waals surface area contributed by atoms with E-state index in [1.54, 1.807) is 24.3 Å². The molecular weight excluding hydrogens is 502 g/mol. The maximum absolute atomic E-state index is 13.4. The fourth-order valence-electron chi connectivity index (χ4n) is 3.45. The van der Waals surface area contributed by atoms with Gasteiger partial charge in [-0.2, -0.15) is 0 Å². The van der Waals surface area contributed by atoms with Crippen LogP contribution in [-0.4, -0.2) is 49.4 Å². The van der Waals surface area contributed by atoms with Gasteiger partial charge in [-0.3, -0.25) is 9.59 Å². The van der Waals surface area contributed by atoms with Crippen LogP contribution in [0.5, 0.6) is 11.5 Å². The van der Waals surface area contributed by atoms with Gasteiger partial charge in [-0.25, -0.2) is 18.6 Å². The number of rotatable bonds is 11. The Labute approximate surface area is 217 Å². The number of hydrogen-bond donors (Lipinski definition) is 1. The van der Waals surface area contributed by atoms with Crippen molar-refractivity contribution in [2.45, 2.75) is 25.8 Å². The maximum atomic E-state index is 13.4. The number of esters is 2. The number of amides is 1. The highest BCUT2D eigenvalue weighted by molar-refractivity contribution is 5.98. The number of halogens is 2. The van der Waals surface area contributed by atoms with Gasteiger partial charge in [-0.1, -0.05) is 24.3 Å². The number of carbonyl (C=O) groups is 3. The molecule has 3 rings (SSSR count). The van der Waals surface area contributed by atoms with Crippen molar-refractivity contribution < 1.29 is 42.1 Å². The number of ether oxygens (including phenoxy) is 4. The summed E-state index contributed by atoms with van der Waals surface area (Å²) < 4.78 is 47.7. The minimum Gasteiger partial charge on any atom is -0.493 e. The molecule has 9 nitrogen and oxygen atoms in total. The number of hydrogen-bond acceptors (Lipinski definition) is 8. The summed E-state index contributed by atoms with van der Waals surface area (Å²) in [5, 5.41) is 2.49. The monoisotopic (exact) mass is 528 g/mol. The van der Waals surface area contributed by atoms with Gasteiger partial charge in [-0.15, -0.1) is 0 Å². The Morgan fingerprint density at radius 3 is 2.03 bits per heavy atom. The zero-order valence-electron chi connectivity index (χ0n) is 20.9. The van der Waals surface area contributed by atoms with Crippen LogP contribution in [0.1, 0.15) is 41.4 Å². The van der Waals surface area contributed by atoms with Crippen molar-refractivity contribution in [1.29, 1.82) is 0 Å². The van der Waals surface area contributed by atoms with E-state index in [2.05, 4.69) is 10.3 Å². The second kappa shape index (κ2) is 13.1. The van der Waals surface area contributed by atoms with Crippen molar-refractivity contribution in [1.82, 2.24) is 10.3 Å². The Kier molecular flexibility index (Phi) is 9.69. The lowest BCUT2D eigenvalue weighted by Gasteiger charge is -2.20. The third-order valence-corrected chi connectivity index (χ3v) is 5.41. The van der Waals surface area contributed by atoms with Gasteiger partial charge in [0.15, 0.2) is 17.2 Å². The molecule has 3 aromatic rings. The molecule has 0 bridgehead atoms. The van der Waals surface area contributed by atoms with E-state index in [0.29, 0.717) is 11.1 Å². The average Bonchev–Trinajstić information content (AvgIpc) is 2.90. The quantitative estimate of drug-likeness (QED) is 0.296. The summed E-state index contributed by atoms with van der Waals surface area (Å²) in [4.78, 5) is 40.7. The third-order valence-electron chi connectivity index (χ3n) is 5.41. The zero-order valence-corrected chi connectivity index (χ0v) is 20.9. The highest BCUT2D eigenvalue weighted by Crippen LogP contribution is 2.30. The van der Waals surface area contributed by atoms with E-state index >= 15 is 0 Å². The second-order valence-electron chi connectivity index (χ2n) is 8.07. The van der Waals surface area contributed by atoms with Gasteiger partial charge in [0.2, 0.25) is 6.79 Å². The summed E-state index contributed by atoms with van der Waals surface area (Å²) in [5.41, 5.74) is 1.10. The van der Waals surface area contributed by atoms with Crippen LogP contribution < -0.4 is 14.8 Å². The highest BCUT2D eigenvalue weighted by Gasteiger charge is 2.25. The van der Waals surface area contributed by atoms with Gasteiger partial charge in [0.1, 0.15) is 24.3 Å². The van der Waals surface area contributed by atoms with Gasteiger partial charge in [0.05, 0.1) is 7.11 Å². The Hall–Kier alpha value is -4.54. The first-order valence-corrected chi connectivity index (χ1v) is 11.5. The number of nitrogens with one attached hydrogen (secondary N) is 1. The molecule has 1 heterocycles. The Morgan fingerprint density at radius 2 is 1.50 bits per heavy atom. The fraction of sp³-hybridized carbons (Fsp3) is 0.259. The van der Waals surface area contributed by atoms with E-state index in [1.807, 2.05) is 0 Å². The molecule has 11 heteroatoms. The molecule has 200 valence electrons. The van der Waals surface area contributed by atoms with Crippen LogP contribution >= 0.6 is 0 Å². The Balaban J connectivity index is 1.70. The number of methoxy groups -OCH3 is 1. The summed E-state index contributed by atoms with van der Waals surface area (Å²) in [6.07, 6.45) is 1.31. The summed E-state index contributed by atoms with van der Waals surface area (Å²) in [5.74, 6) is -3.39. The van der Waals surface area contributed by atoms with Crippen LogP contribution in [0.4, 0.5) is 8.78 Å². The van der Waals surface area contributed by atoms with E-state index in [4.69, 9.17) is 18.9 Å². The molecule has 0 aliphatic rings. The highest BCUT2D eigenvalue weighted by atomic mass is 19.1. The number of nitrogens with zero attached hydrogens (tertiary/aromatic N) is 1. The SMILES string of the molecule is COc1ccnc(C(=O)NC(C)C(=O)OCC(c2ccc(F)cc2)c2ccc(F)cc2)c1OCOC(C)=O. The number of pyridine rings is 1. The second-order valence-corrected chi connectivity index (χ2v) is 8.07. The van der Waals surface area contributed by atoms with E-state index in [0.717, 1.165) is 0 Å². The van der Waals surface area contributed by atoms with Crippen molar-refractivity contribution in [3.63, 3.8) is 0 Å². The fourth-order valence-corrected chi connectivity index (χ4v) is 3.45. The summed E-state index contributed by atoms with van der Waals surface area (Å²) in [6.45, 7) is 1.99. The Bertz CT molecular complexity index is 1220. The molecule has 1 unspecified atom stereocenters. The van der Waals surface area contributed by atoms with Crippen LogP contribution in [0.2, 0.25) is 0 Å². The summed E-state index contributed by atoms with van der Waals surface area (Å²) >= 11 is 0. The molecule has 38 heavy (non-hydrogen) atoms. The normalized spacial score (nSPS) is 11.4. The van der Waals surface area contributed by atoms with Crippen LogP contribution in [0.3, 0.4) is 0 Å². The van der Waals surface area contributed by atoms with E-state index in [-0.39, 0.29) is 23.8 Å². The molecule has 0 spiro atoms. The van der Waals surface area contributed by atoms with Crippen molar-refractivity contribution in [3.8, 4) is 11.5 Å². The molecule has 0 fully saturated rings. The first-order valence-electron chi connectivity index (χ1n) is 11.5. The van der Waals surface area contributed by atoms with Crippen LogP contribution in [0.15, 0.2) is 60.8 Å². The first kappa shape index (κ1) is 28.0. The molecule has 1 amide bonds. The molecule has 0 aliphatic heterocycles. The third kappa shape index (κ3) is 7.48. The van der Waals surface area contributed by atoms with E-state index < -0.39 is 48.2 Å². The predicted molar refractivity (Wildman–Crippen MR) is 131 cm³/mol. The standard InChI is InChI=1S/C27H26F2N2O7/c1-16(31-26(33)24-25(38-15-37-17(2)32)23(35-3)12-13-30-24)27(34)36-14-22(18-4-8-20(28)9-5-18)19-6-10-21(29)11-7-19/h4-13,16,22H,14-15H2,1-3H3,(H,31,33). The number of benzene rings is 2. The molecule has 0 saturated heterocycles. The van der Waals surface area contributed by atoms with Crippen molar-refractivity contribution >= 4 is 17.8 Å². The van der Waals surface area contributed by atoms with E-state index in [9.17, 15) is 23.2 Å². The molecular formula is C27H26F2N2O7. The number of aromatic nitrogens is 1. The maximum Gasteiger partial charge on any atom is 0.328 e. The summed E-state index contributed by atoms with van der Waals surface area (Å²) in [6, 6.07) is 11.7. The van der Waals surface area contributed by atoms with Crippen LogP contribution in [0, 0.1) is 11.6 Å². The zero-order chi connectivity index (χ0) is 27.7. The smallest absolute Gasteiger partial charge is 0.328 e. The lowest BCUT2D eigenvalue weighted by Crippen LogP contribution is -2.40.